The van der Waals surface area contributed by atoms with Crippen LogP contribution >= 0.6 is 0 Å². The zero-order valence-corrected chi connectivity index (χ0v) is 20.9. The normalized spacial score (nSPS) is 17.1. The molecule has 2 heterocycles. The number of nitrogens with zero attached hydrogens (tertiary/aromatic N) is 2. The molecule has 1 aromatic heterocycles. The Kier molecular flexibility index (Phi) is 7.68. The molecule has 0 saturated heterocycles. The van der Waals surface area contributed by atoms with Gasteiger partial charge in [0.05, 0.1) is 23.4 Å². The van der Waals surface area contributed by atoms with Crippen LogP contribution in [0.15, 0.2) is 40.9 Å². The van der Waals surface area contributed by atoms with E-state index >= 15 is 0 Å². The van der Waals surface area contributed by atoms with Crippen LogP contribution in [0.3, 0.4) is 0 Å². The summed E-state index contributed by atoms with van der Waals surface area (Å²) in [6, 6.07) is 8.65. The average molecular weight is 489 g/mol. The molecule has 1 unspecified atom stereocenters. The van der Waals surface area contributed by atoms with E-state index in [1.165, 1.54) is 0 Å². The van der Waals surface area contributed by atoms with Crippen molar-refractivity contribution in [1.29, 1.82) is 0 Å². The Balaban J connectivity index is 1.70. The van der Waals surface area contributed by atoms with Gasteiger partial charge >= 0.3 is 0 Å². The first-order valence-electron chi connectivity index (χ1n) is 10.8. The van der Waals surface area contributed by atoms with Gasteiger partial charge in [0.15, 0.2) is 9.89 Å². The molecule has 0 spiro atoms. The number of amides is 1. The highest BCUT2D eigenvalue weighted by Gasteiger charge is 2.26. The third kappa shape index (κ3) is 5.97. The monoisotopic (exact) mass is 488 g/mol. The highest BCUT2D eigenvalue weighted by atomic mass is 32.2. The lowest BCUT2D eigenvalue weighted by molar-refractivity contribution is 0.0880. The van der Waals surface area contributed by atoms with Crippen LogP contribution < -0.4 is 25.8 Å². The molecule has 0 bridgehead atoms. The van der Waals surface area contributed by atoms with Crippen molar-refractivity contribution in [3.63, 3.8) is 0 Å². The molecule has 0 saturated carbocycles. The lowest BCUT2D eigenvalue weighted by atomic mass is 10.1. The lowest BCUT2D eigenvalue weighted by Crippen LogP contribution is -2.48. The molecule has 10 nitrogen and oxygen atoms in total. The Labute approximate surface area is 200 Å². The van der Waals surface area contributed by atoms with Crippen LogP contribution in [0.4, 0.5) is 11.5 Å². The molecule has 2 aromatic rings. The van der Waals surface area contributed by atoms with E-state index < -0.39 is 15.4 Å². The van der Waals surface area contributed by atoms with Crippen molar-refractivity contribution in [2.75, 3.05) is 36.9 Å². The third-order valence-corrected chi connectivity index (χ3v) is 7.04. The van der Waals surface area contributed by atoms with E-state index in [-0.39, 0.29) is 18.3 Å². The van der Waals surface area contributed by atoms with Crippen molar-refractivity contribution in [1.82, 2.24) is 10.3 Å². The van der Waals surface area contributed by atoms with Gasteiger partial charge in [-0.1, -0.05) is 6.07 Å². The van der Waals surface area contributed by atoms with E-state index in [9.17, 15) is 9.00 Å². The van der Waals surface area contributed by atoms with Crippen molar-refractivity contribution >= 4 is 38.0 Å². The van der Waals surface area contributed by atoms with Gasteiger partial charge in [0.1, 0.15) is 24.0 Å². The van der Waals surface area contributed by atoms with Crippen molar-refractivity contribution in [3.8, 4) is 5.75 Å². The number of hydrogen-bond donors (Lipinski definition) is 4. The largest absolute Gasteiger partial charge is 0.490 e. The highest BCUT2D eigenvalue weighted by molar-refractivity contribution is 8.02. The molecule has 184 valence electrons. The van der Waals surface area contributed by atoms with E-state index in [1.807, 2.05) is 13.8 Å². The van der Waals surface area contributed by atoms with Crippen LogP contribution in [0.5, 0.6) is 5.75 Å². The number of benzene rings is 1. The zero-order chi connectivity index (χ0) is 24.9. The average Bonchev–Trinajstić information content (AvgIpc) is 2.77. The maximum absolute atomic E-state index is 12.9. The summed E-state index contributed by atoms with van der Waals surface area (Å²) < 4.78 is 31.2. The maximum Gasteiger partial charge on any atom is 0.252 e. The molecule has 1 aromatic carbocycles. The van der Waals surface area contributed by atoms with E-state index in [0.29, 0.717) is 46.4 Å². The summed E-state index contributed by atoms with van der Waals surface area (Å²) in [5.41, 5.74) is 7.06. The lowest BCUT2D eigenvalue weighted by Gasteiger charge is -2.28. The molecule has 3 rings (SSSR count). The smallest absolute Gasteiger partial charge is 0.252 e. The maximum atomic E-state index is 12.9. The number of carbonyl (C=O) groups is 1. The standard InChI is InChI=1S/C23H32N6O4S/c1-15(2)34(31)28-17-7-6-8-18(20(17)21(24)29-34)33-14-23(3,4)27-22(30)16-9-10-25-19(13-16)26-11-12-32-5/h6-10,13H,11-12,14H2,1-5H3,(H,25,26)(H,27,30)(H3,24,28,29,31). The third-order valence-electron chi connectivity index (χ3n) is 4.99. The quantitative estimate of drug-likeness (QED) is 0.313. The Bertz CT molecular complexity index is 1210. The number of nitrogens with one attached hydrogen (secondary N) is 3. The van der Waals surface area contributed by atoms with Gasteiger partial charge in [0.25, 0.3) is 5.91 Å². The number of pyridine rings is 1. The molecule has 0 aliphatic carbocycles. The number of ether oxygens (including phenoxy) is 2. The minimum atomic E-state index is -2.79. The summed E-state index contributed by atoms with van der Waals surface area (Å²) in [5, 5.41) is 6.09. The molecular formula is C23H32N6O4S. The minimum absolute atomic E-state index is 0.141. The summed E-state index contributed by atoms with van der Waals surface area (Å²) in [4.78, 5) is 17.7. The minimum Gasteiger partial charge on any atom is -0.490 e. The number of rotatable bonds is 9. The number of hydrogen-bond acceptors (Lipinski definition) is 7. The summed E-state index contributed by atoms with van der Waals surface area (Å²) >= 11 is 0. The second-order valence-corrected chi connectivity index (χ2v) is 10.9. The molecule has 0 radical (unpaired) electrons. The van der Waals surface area contributed by atoms with Gasteiger partial charge in [-0.05, 0) is 52.0 Å². The zero-order valence-electron chi connectivity index (χ0n) is 20.1. The Morgan fingerprint density at radius 2 is 2.03 bits per heavy atom. The number of nitrogens with two attached hydrogens (primary N) is 1. The fraction of sp³-hybridized carbons (Fsp3) is 0.391. The second kappa shape index (κ2) is 10.3. The van der Waals surface area contributed by atoms with E-state index in [1.54, 1.807) is 57.5 Å². The van der Waals surface area contributed by atoms with Crippen molar-refractivity contribution < 1.29 is 18.5 Å². The molecule has 1 aliphatic rings. The molecule has 0 fully saturated rings. The van der Waals surface area contributed by atoms with Gasteiger partial charge in [0.2, 0.25) is 0 Å². The number of methoxy groups -OCH3 is 1. The summed E-state index contributed by atoms with van der Waals surface area (Å²) in [6.07, 6.45) is 1.58. The first kappa shape index (κ1) is 25.3. The van der Waals surface area contributed by atoms with Gasteiger partial charge in [-0.2, -0.15) is 4.40 Å². The van der Waals surface area contributed by atoms with Crippen molar-refractivity contribution in [2.24, 2.45) is 10.1 Å². The van der Waals surface area contributed by atoms with E-state index in [2.05, 4.69) is 24.7 Å². The van der Waals surface area contributed by atoms with Crippen LogP contribution in [0.2, 0.25) is 0 Å². The summed E-state index contributed by atoms with van der Waals surface area (Å²) in [6.45, 7) is 8.48. The number of carbonyl (C=O) groups excluding carboxylic acids is 1. The molecule has 34 heavy (non-hydrogen) atoms. The molecule has 5 N–H and O–H groups in total. The predicted octanol–water partition coefficient (Wildman–Crippen LogP) is 2.18. The van der Waals surface area contributed by atoms with Gasteiger partial charge in [-0.25, -0.2) is 9.19 Å². The fourth-order valence-electron chi connectivity index (χ4n) is 3.17. The Hall–Kier alpha value is -3.31. The van der Waals surface area contributed by atoms with E-state index in [0.717, 1.165) is 0 Å². The number of aromatic nitrogens is 1. The Morgan fingerprint density at radius 3 is 2.74 bits per heavy atom. The van der Waals surface area contributed by atoms with Crippen LogP contribution in [-0.4, -0.2) is 58.2 Å². The SMILES string of the molecule is COCCNc1cc(C(=O)NC(C)(C)COc2cccc3c2C(N)=NS(=O)(=C(C)C)N3)ccn1. The van der Waals surface area contributed by atoms with Crippen LogP contribution in [0.25, 0.3) is 0 Å². The molecule has 1 atom stereocenters. The highest BCUT2D eigenvalue weighted by Crippen LogP contribution is 2.31. The molecule has 1 aliphatic heterocycles. The van der Waals surface area contributed by atoms with Gasteiger partial charge < -0.3 is 25.8 Å². The summed E-state index contributed by atoms with van der Waals surface area (Å²) in [7, 11) is -1.17. The first-order valence-corrected chi connectivity index (χ1v) is 12.3. The van der Waals surface area contributed by atoms with Crippen molar-refractivity contribution in [3.05, 3.63) is 47.7 Å². The molecular weight excluding hydrogens is 456 g/mol. The Morgan fingerprint density at radius 1 is 1.26 bits per heavy atom. The second-order valence-electron chi connectivity index (χ2n) is 8.67. The molecule has 1 amide bonds. The number of amidine groups is 1. The predicted molar refractivity (Wildman–Crippen MR) is 137 cm³/mol. The number of fused-ring (bicyclic) bond motifs is 1. The number of anilines is 2. The van der Waals surface area contributed by atoms with Gasteiger partial charge in [-0.15, -0.1) is 0 Å². The molecule has 11 heteroatoms. The van der Waals surface area contributed by atoms with Gasteiger partial charge in [0, 0.05) is 30.3 Å². The topological polar surface area (TPSA) is 140 Å². The fourth-order valence-corrected chi connectivity index (χ4v) is 4.44. The van der Waals surface area contributed by atoms with Gasteiger partial charge in [-0.3, -0.25) is 9.52 Å². The van der Waals surface area contributed by atoms with Crippen LogP contribution in [0, 0.1) is 0 Å². The van der Waals surface area contributed by atoms with E-state index in [4.69, 9.17) is 15.2 Å². The van der Waals surface area contributed by atoms with Crippen LogP contribution in [-0.2, 0) is 14.6 Å². The van der Waals surface area contributed by atoms with Crippen LogP contribution in [0.1, 0.15) is 43.6 Å². The van der Waals surface area contributed by atoms with Crippen molar-refractivity contribution in [2.45, 2.75) is 33.2 Å². The summed E-state index contributed by atoms with van der Waals surface area (Å²) in [5.74, 6) is 0.963. The first-order chi connectivity index (χ1) is 16.0.